The standard InChI is InChI=1S/C11H11F3N4O2S/c1-21(19,20)10-16-9-15-8(11(12,13)14)6-4-2-3-5-7(6)18(9)17-10/h2-5H2,1H3. The number of aryl methyl sites for hydroxylation is 1. The normalized spacial score (nSPS) is 16.2. The molecule has 0 saturated heterocycles. The fraction of sp³-hybridized carbons (Fsp3) is 0.545. The van der Waals surface area contributed by atoms with Crippen molar-refractivity contribution in [2.24, 2.45) is 0 Å². The lowest BCUT2D eigenvalue weighted by Gasteiger charge is -2.20. The Morgan fingerprint density at radius 1 is 1.14 bits per heavy atom. The van der Waals surface area contributed by atoms with Crippen molar-refractivity contribution in [3.63, 3.8) is 0 Å². The van der Waals surface area contributed by atoms with Crippen LogP contribution >= 0.6 is 0 Å². The second-order valence-electron chi connectivity index (χ2n) is 4.97. The van der Waals surface area contributed by atoms with Crippen molar-refractivity contribution < 1.29 is 21.6 Å². The van der Waals surface area contributed by atoms with Crippen molar-refractivity contribution in [3.05, 3.63) is 17.0 Å². The number of aromatic nitrogens is 4. The zero-order chi connectivity index (χ0) is 15.4. The molecule has 10 heteroatoms. The molecule has 6 nitrogen and oxygen atoms in total. The Bertz CT molecular complexity index is 826. The zero-order valence-corrected chi connectivity index (χ0v) is 11.8. The molecule has 0 bridgehead atoms. The molecular weight excluding hydrogens is 309 g/mol. The Labute approximate surface area is 117 Å². The molecule has 1 aliphatic carbocycles. The van der Waals surface area contributed by atoms with Crippen molar-refractivity contribution >= 4 is 15.6 Å². The maximum atomic E-state index is 13.1. The molecule has 0 radical (unpaired) electrons. The molecule has 0 fully saturated rings. The average molecular weight is 320 g/mol. The largest absolute Gasteiger partial charge is 0.433 e. The first-order valence-electron chi connectivity index (χ1n) is 6.24. The highest BCUT2D eigenvalue weighted by Crippen LogP contribution is 2.35. The van der Waals surface area contributed by atoms with Crippen LogP contribution in [0.25, 0.3) is 5.78 Å². The summed E-state index contributed by atoms with van der Waals surface area (Å²) in [6.07, 6.45) is -1.70. The first-order valence-corrected chi connectivity index (χ1v) is 8.13. The van der Waals surface area contributed by atoms with E-state index in [1.165, 1.54) is 0 Å². The zero-order valence-electron chi connectivity index (χ0n) is 11.0. The first kappa shape index (κ1) is 14.2. The van der Waals surface area contributed by atoms with Crippen LogP contribution in [0.4, 0.5) is 13.2 Å². The third-order valence-corrected chi connectivity index (χ3v) is 4.20. The number of alkyl halides is 3. The van der Waals surface area contributed by atoms with Gasteiger partial charge in [-0.15, -0.1) is 5.10 Å². The van der Waals surface area contributed by atoms with Crippen LogP contribution in [0.1, 0.15) is 29.8 Å². The van der Waals surface area contributed by atoms with Crippen LogP contribution < -0.4 is 0 Å². The number of rotatable bonds is 1. The highest BCUT2D eigenvalue weighted by atomic mass is 32.2. The van der Waals surface area contributed by atoms with Gasteiger partial charge in [-0.05, 0) is 25.7 Å². The van der Waals surface area contributed by atoms with E-state index in [1.807, 2.05) is 0 Å². The van der Waals surface area contributed by atoms with Crippen LogP contribution in [0.15, 0.2) is 5.16 Å². The molecule has 0 amide bonds. The molecule has 3 rings (SSSR count). The highest BCUT2D eigenvalue weighted by Gasteiger charge is 2.38. The number of hydrogen-bond donors (Lipinski definition) is 0. The SMILES string of the molecule is CS(=O)(=O)c1nc2nc(C(F)(F)F)c3c(n2n1)CCCC3. The Morgan fingerprint density at radius 2 is 1.81 bits per heavy atom. The molecule has 2 aromatic rings. The molecule has 0 aromatic carbocycles. The van der Waals surface area contributed by atoms with Crippen molar-refractivity contribution in [1.82, 2.24) is 19.6 Å². The monoisotopic (exact) mass is 320 g/mol. The molecule has 0 saturated carbocycles. The van der Waals surface area contributed by atoms with Gasteiger partial charge in [0.25, 0.3) is 10.9 Å². The van der Waals surface area contributed by atoms with Gasteiger partial charge >= 0.3 is 6.18 Å². The molecule has 114 valence electrons. The summed E-state index contributed by atoms with van der Waals surface area (Å²) in [5, 5.41) is 3.30. The van der Waals surface area contributed by atoms with Crippen LogP contribution in [-0.2, 0) is 28.9 Å². The van der Waals surface area contributed by atoms with Crippen LogP contribution in [0, 0.1) is 0 Å². The molecule has 21 heavy (non-hydrogen) atoms. The molecular formula is C11H11F3N4O2S. The van der Waals surface area contributed by atoms with Gasteiger partial charge < -0.3 is 0 Å². The summed E-state index contributed by atoms with van der Waals surface area (Å²) < 4.78 is 63.4. The Kier molecular flexibility index (Phi) is 2.98. The number of halogens is 3. The highest BCUT2D eigenvalue weighted by molar-refractivity contribution is 7.90. The summed E-state index contributed by atoms with van der Waals surface area (Å²) in [6, 6.07) is 0. The van der Waals surface area contributed by atoms with E-state index in [2.05, 4.69) is 15.1 Å². The third kappa shape index (κ3) is 2.37. The number of hydrogen-bond acceptors (Lipinski definition) is 5. The fourth-order valence-electron chi connectivity index (χ4n) is 2.48. The average Bonchev–Trinajstić information content (AvgIpc) is 2.80. The molecule has 2 aromatic heterocycles. The Morgan fingerprint density at radius 3 is 2.43 bits per heavy atom. The summed E-state index contributed by atoms with van der Waals surface area (Å²) in [6.45, 7) is 0. The molecule has 0 unspecified atom stereocenters. The fourth-order valence-corrected chi connectivity index (χ4v) is 2.95. The molecule has 2 heterocycles. The Balaban J connectivity index is 2.36. The van der Waals surface area contributed by atoms with Gasteiger partial charge in [0, 0.05) is 11.8 Å². The summed E-state index contributed by atoms with van der Waals surface area (Å²) in [5.41, 5.74) is -0.552. The van der Waals surface area contributed by atoms with Gasteiger partial charge in [-0.25, -0.2) is 13.4 Å². The molecule has 0 spiro atoms. The van der Waals surface area contributed by atoms with E-state index in [-0.39, 0.29) is 17.8 Å². The second kappa shape index (κ2) is 4.39. The summed E-state index contributed by atoms with van der Waals surface area (Å²) in [5.74, 6) is -0.330. The lowest BCUT2D eigenvalue weighted by atomic mass is 9.94. The summed E-state index contributed by atoms with van der Waals surface area (Å²) in [4.78, 5) is 7.11. The smallest absolute Gasteiger partial charge is 0.221 e. The van der Waals surface area contributed by atoms with E-state index < -0.39 is 26.9 Å². The van der Waals surface area contributed by atoms with Crippen molar-refractivity contribution in [3.8, 4) is 0 Å². The van der Waals surface area contributed by atoms with Gasteiger partial charge in [0.15, 0.2) is 5.69 Å². The van der Waals surface area contributed by atoms with Gasteiger partial charge in [-0.2, -0.15) is 22.7 Å². The van der Waals surface area contributed by atoms with Crippen LogP contribution in [0.3, 0.4) is 0 Å². The van der Waals surface area contributed by atoms with Gasteiger partial charge in [0.2, 0.25) is 9.84 Å². The minimum absolute atomic E-state index is 0.0891. The molecule has 0 aliphatic heterocycles. The van der Waals surface area contributed by atoms with E-state index >= 15 is 0 Å². The van der Waals surface area contributed by atoms with Crippen LogP contribution in [0.2, 0.25) is 0 Å². The van der Waals surface area contributed by atoms with Gasteiger partial charge in [-0.1, -0.05) is 0 Å². The van der Waals surface area contributed by atoms with Gasteiger partial charge in [0.05, 0.1) is 5.69 Å². The summed E-state index contributed by atoms with van der Waals surface area (Å²) >= 11 is 0. The van der Waals surface area contributed by atoms with Crippen molar-refractivity contribution in [2.45, 2.75) is 37.0 Å². The van der Waals surface area contributed by atoms with Crippen LogP contribution in [-0.4, -0.2) is 34.3 Å². The maximum Gasteiger partial charge on any atom is 0.433 e. The number of sulfone groups is 1. The molecule has 0 N–H and O–H groups in total. The Hall–Kier alpha value is -1.71. The van der Waals surface area contributed by atoms with Gasteiger partial charge in [0.1, 0.15) is 0 Å². The predicted molar refractivity (Wildman–Crippen MR) is 65.5 cm³/mol. The van der Waals surface area contributed by atoms with Crippen molar-refractivity contribution in [2.75, 3.05) is 6.26 Å². The lowest BCUT2D eigenvalue weighted by Crippen LogP contribution is -2.20. The maximum absolute atomic E-state index is 13.1. The molecule has 1 aliphatic rings. The first-order chi connectivity index (χ1) is 9.68. The van der Waals surface area contributed by atoms with Gasteiger partial charge in [-0.3, -0.25) is 0 Å². The minimum atomic E-state index is -4.60. The topological polar surface area (TPSA) is 77.2 Å². The van der Waals surface area contributed by atoms with E-state index in [4.69, 9.17) is 0 Å². The van der Waals surface area contributed by atoms with E-state index in [0.717, 1.165) is 17.2 Å². The second-order valence-corrected chi connectivity index (χ2v) is 6.88. The number of fused-ring (bicyclic) bond motifs is 3. The number of nitrogens with zero attached hydrogens (tertiary/aromatic N) is 4. The van der Waals surface area contributed by atoms with E-state index in [1.54, 1.807) is 0 Å². The molecule has 0 atom stereocenters. The van der Waals surface area contributed by atoms with Crippen molar-refractivity contribution in [1.29, 1.82) is 0 Å². The third-order valence-electron chi connectivity index (χ3n) is 3.36. The van der Waals surface area contributed by atoms with Crippen LogP contribution in [0.5, 0.6) is 0 Å². The predicted octanol–water partition coefficient (Wildman–Crippen LogP) is 1.43. The minimum Gasteiger partial charge on any atom is -0.221 e. The van der Waals surface area contributed by atoms with E-state index in [9.17, 15) is 21.6 Å². The quantitative estimate of drug-likeness (QED) is 0.794. The summed E-state index contributed by atoms with van der Waals surface area (Å²) in [7, 11) is -3.70. The lowest BCUT2D eigenvalue weighted by molar-refractivity contribution is -0.141. The van der Waals surface area contributed by atoms with E-state index in [0.29, 0.717) is 18.5 Å².